The van der Waals surface area contributed by atoms with Crippen LogP contribution >= 0.6 is 0 Å². The largest absolute Gasteiger partial charge is 0.424 e. The monoisotopic (exact) mass is 514 g/mol. The average Bonchev–Trinajstić information content (AvgIpc) is 3.49. The van der Waals surface area contributed by atoms with Gasteiger partial charge in [-0.25, -0.2) is 14.6 Å². The van der Waals surface area contributed by atoms with Crippen LogP contribution in [0.2, 0.25) is 0 Å². The van der Waals surface area contributed by atoms with E-state index in [1.165, 1.54) is 6.33 Å². The average molecular weight is 515 g/mol. The molecule has 4 aromatic heterocycles. The molecule has 7 aromatic rings. The number of nitrogens with two attached hydrogens (primary N) is 2. The van der Waals surface area contributed by atoms with Gasteiger partial charge in [-0.2, -0.15) is 10.1 Å². The predicted octanol–water partition coefficient (Wildman–Crippen LogP) is 4.46. The van der Waals surface area contributed by atoms with Gasteiger partial charge in [0.2, 0.25) is 0 Å². The molecule has 39 heavy (non-hydrogen) atoms. The zero-order valence-electron chi connectivity index (χ0n) is 20.9. The van der Waals surface area contributed by atoms with Gasteiger partial charge >= 0.3 is 0 Å². The van der Waals surface area contributed by atoms with Crippen molar-refractivity contribution in [2.24, 2.45) is 0 Å². The Hall–Kier alpha value is -5.51. The minimum Gasteiger partial charge on any atom is -0.424 e. The molecule has 10 heteroatoms. The predicted molar refractivity (Wildman–Crippen MR) is 151 cm³/mol. The molecular formula is C29H22N8O2. The van der Waals surface area contributed by atoms with Crippen LogP contribution in [0.25, 0.3) is 49.9 Å². The van der Waals surface area contributed by atoms with Gasteiger partial charge in [-0.05, 0) is 54.3 Å². The smallest absolute Gasteiger partial charge is 0.292 e. The zero-order valence-corrected chi connectivity index (χ0v) is 20.9. The van der Waals surface area contributed by atoms with E-state index in [1.807, 2.05) is 73.7 Å². The number of aromatic nitrogens is 6. The van der Waals surface area contributed by atoms with E-state index in [4.69, 9.17) is 21.0 Å². The van der Waals surface area contributed by atoms with Gasteiger partial charge in [-0.15, -0.1) is 0 Å². The fourth-order valence-corrected chi connectivity index (χ4v) is 5.15. The van der Waals surface area contributed by atoms with Crippen molar-refractivity contribution in [3.8, 4) is 16.9 Å². The number of hydrogen-bond acceptors (Lipinski definition) is 8. The molecule has 7 rings (SSSR count). The highest BCUT2D eigenvalue weighted by Crippen LogP contribution is 2.33. The minimum absolute atomic E-state index is 0.0887. The molecule has 10 nitrogen and oxygen atoms in total. The number of oxazole rings is 1. The second-order valence-corrected chi connectivity index (χ2v) is 9.35. The maximum atomic E-state index is 13.9. The number of para-hydroxylation sites is 1. The molecule has 4 heterocycles. The molecule has 3 aromatic carbocycles. The highest BCUT2D eigenvalue weighted by Gasteiger charge is 2.20. The van der Waals surface area contributed by atoms with Gasteiger partial charge < -0.3 is 15.9 Å². The first-order valence-electron chi connectivity index (χ1n) is 12.3. The summed E-state index contributed by atoms with van der Waals surface area (Å²) in [6, 6.07) is 23.0. The normalized spacial score (nSPS) is 11.6. The Labute approximate surface area is 221 Å². The summed E-state index contributed by atoms with van der Waals surface area (Å²) >= 11 is 0. The summed E-state index contributed by atoms with van der Waals surface area (Å²) in [7, 11) is 0. The third-order valence-electron chi connectivity index (χ3n) is 6.89. The summed E-state index contributed by atoms with van der Waals surface area (Å²) in [6.45, 7) is 2.21. The molecule has 0 amide bonds. The highest BCUT2D eigenvalue weighted by atomic mass is 16.4. The van der Waals surface area contributed by atoms with E-state index >= 15 is 0 Å². The molecule has 0 saturated carbocycles. The molecule has 0 bridgehead atoms. The lowest BCUT2D eigenvalue weighted by molar-refractivity contribution is 0.626. The van der Waals surface area contributed by atoms with Crippen molar-refractivity contribution in [1.29, 1.82) is 0 Å². The number of fused-ring (bicyclic) bond motifs is 3. The maximum absolute atomic E-state index is 13.9. The van der Waals surface area contributed by atoms with Gasteiger partial charge in [0.15, 0.2) is 11.2 Å². The topological polar surface area (TPSA) is 144 Å². The Kier molecular flexibility index (Phi) is 4.95. The van der Waals surface area contributed by atoms with Crippen molar-refractivity contribution in [3.05, 3.63) is 101 Å². The van der Waals surface area contributed by atoms with Crippen LogP contribution in [-0.4, -0.2) is 29.3 Å². The molecule has 0 unspecified atom stereocenters. The molecule has 190 valence electrons. The first-order valence-corrected chi connectivity index (χ1v) is 12.3. The molecule has 0 aliphatic rings. The lowest BCUT2D eigenvalue weighted by Gasteiger charge is -2.16. The lowest BCUT2D eigenvalue weighted by Crippen LogP contribution is -2.24. The highest BCUT2D eigenvalue weighted by molar-refractivity contribution is 5.99. The van der Waals surface area contributed by atoms with Crippen LogP contribution in [0, 0.1) is 6.92 Å². The number of anilines is 2. The summed E-state index contributed by atoms with van der Waals surface area (Å²) in [5.74, 6) is 0.301. The van der Waals surface area contributed by atoms with Crippen LogP contribution in [0.5, 0.6) is 0 Å². The van der Waals surface area contributed by atoms with E-state index in [9.17, 15) is 4.79 Å². The number of hydrogen-bond donors (Lipinski definition) is 2. The molecule has 0 aliphatic carbocycles. The Morgan fingerprint density at radius 2 is 1.77 bits per heavy atom. The Bertz CT molecular complexity index is 2110. The van der Waals surface area contributed by atoms with Gasteiger partial charge in [0.05, 0.1) is 17.3 Å². The van der Waals surface area contributed by atoms with Gasteiger partial charge in [0, 0.05) is 16.9 Å². The fraction of sp³-hybridized carbons (Fsp3) is 0.0690. The summed E-state index contributed by atoms with van der Waals surface area (Å²) in [5, 5.41) is 7.08. The first-order chi connectivity index (χ1) is 19.0. The second-order valence-electron chi connectivity index (χ2n) is 9.35. The first kappa shape index (κ1) is 22.7. The van der Waals surface area contributed by atoms with E-state index in [0.29, 0.717) is 39.0 Å². The van der Waals surface area contributed by atoms with E-state index < -0.39 is 0 Å². The maximum Gasteiger partial charge on any atom is 0.292 e. The minimum atomic E-state index is -0.0910. The Balaban J connectivity index is 1.46. The molecular weight excluding hydrogens is 492 g/mol. The van der Waals surface area contributed by atoms with Crippen molar-refractivity contribution in [3.63, 3.8) is 0 Å². The summed E-state index contributed by atoms with van der Waals surface area (Å²) < 4.78 is 8.91. The second kappa shape index (κ2) is 8.52. The summed E-state index contributed by atoms with van der Waals surface area (Å²) in [4.78, 5) is 26.9. The van der Waals surface area contributed by atoms with Crippen molar-refractivity contribution in [1.82, 2.24) is 29.3 Å². The van der Waals surface area contributed by atoms with Crippen molar-refractivity contribution < 1.29 is 4.42 Å². The van der Waals surface area contributed by atoms with Crippen LogP contribution < -0.4 is 17.0 Å². The van der Waals surface area contributed by atoms with Crippen LogP contribution in [0.4, 0.5) is 11.8 Å². The third-order valence-corrected chi connectivity index (χ3v) is 6.89. The number of aryl methyl sites for hydroxylation is 1. The third kappa shape index (κ3) is 3.61. The van der Waals surface area contributed by atoms with Crippen LogP contribution in [0.3, 0.4) is 0 Å². The van der Waals surface area contributed by atoms with Gasteiger partial charge in [-0.3, -0.25) is 9.36 Å². The van der Waals surface area contributed by atoms with Crippen molar-refractivity contribution >= 4 is 44.7 Å². The van der Waals surface area contributed by atoms with E-state index in [-0.39, 0.29) is 18.1 Å². The standard InChI is InChI=1S/C29H22N8O2/c1-16-6-5-7-17-12-20(37(28(38)23(16)17)19-8-3-2-4-9-19)14-36-27-24(26(30)32-15-33-27)25(35-36)18-10-11-22-21(13-18)34-29(31)39-22/h2-13,15H,14H2,1H3,(H2,31,34)(H2,30,32,33). The number of benzene rings is 3. The van der Waals surface area contributed by atoms with Crippen LogP contribution in [-0.2, 0) is 6.54 Å². The van der Waals surface area contributed by atoms with Crippen molar-refractivity contribution in [2.45, 2.75) is 13.5 Å². The Morgan fingerprint density at radius 3 is 2.62 bits per heavy atom. The summed E-state index contributed by atoms with van der Waals surface area (Å²) in [6.07, 6.45) is 1.41. The molecule has 4 N–H and O–H groups in total. The number of nitrogens with zero attached hydrogens (tertiary/aromatic N) is 6. The van der Waals surface area contributed by atoms with Gasteiger partial charge in [0.1, 0.15) is 23.4 Å². The summed E-state index contributed by atoms with van der Waals surface area (Å²) in [5.41, 5.74) is 17.5. The SMILES string of the molecule is Cc1cccc2cc(Cn3nc(-c4ccc5oc(N)nc5c4)c4c(N)ncnc43)n(-c3ccccc3)c(=O)c12. The number of rotatable bonds is 4. The van der Waals surface area contributed by atoms with E-state index in [1.54, 1.807) is 15.3 Å². The number of nitrogen functional groups attached to an aromatic ring is 2. The molecule has 0 fully saturated rings. The van der Waals surface area contributed by atoms with Crippen LogP contribution in [0.1, 0.15) is 11.3 Å². The molecule has 0 spiro atoms. The molecule has 0 radical (unpaired) electrons. The van der Waals surface area contributed by atoms with E-state index in [2.05, 4.69) is 15.0 Å². The Morgan fingerprint density at radius 1 is 0.923 bits per heavy atom. The lowest BCUT2D eigenvalue weighted by atomic mass is 10.1. The quantitative estimate of drug-likeness (QED) is 0.350. The fourth-order valence-electron chi connectivity index (χ4n) is 5.15. The molecule has 0 aliphatic heterocycles. The van der Waals surface area contributed by atoms with E-state index in [0.717, 1.165) is 27.9 Å². The molecule has 0 saturated heterocycles. The molecule has 0 atom stereocenters. The number of pyridine rings is 1. The van der Waals surface area contributed by atoms with Gasteiger partial charge in [0.25, 0.3) is 11.6 Å². The zero-order chi connectivity index (χ0) is 26.7. The van der Waals surface area contributed by atoms with Gasteiger partial charge in [-0.1, -0.05) is 36.4 Å². The van der Waals surface area contributed by atoms with Crippen molar-refractivity contribution in [2.75, 3.05) is 11.5 Å². The van der Waals surface area contributed by atoms with Crippen LogP contribution in [0.15, 0.2) is 88.3 Å².